The van der Waals surface area contributed by atoms with E-state index in [1.807, 2.05) is 0 Å². The van der Waals surface area contributed by atoms with Crippen LogP contribution in [0.2, 0.25) is 0 Å². The summed E-state index contributed by atoms with van der Waals surface area (Å²) in [5, 5.41) is 18.4. The van der Waals surface area contributed by atoms with E-state index in [2.05, 4.69) is 6.92 Å². The molecule has 0 amide bonds. The molecule has 0 heterocycles. The summed E-state index contributed by atoms with van der Waals surface area (Å²) in [6, 6.07) is 0. The van der Waals surface area contributed by atoms with Gasteiger partial charge in [0.25, 0.3) is 0 Å². The molecule has 0 saturated heterocycles. The van der Waals surface area contributed by atoms with Gasteiger partial charge in [0.1, 0.15) is 25.4 Å². The molecule has 8 heteroatoms. The van der Waals surface area contributed by atoms with Crippen LogP contribution in [0.1, 0.15) is 111 Å². The second-order valence-corrected chi connectivity index (χ2v) is 8.72. The zero-order chi connectivity index (χ0) is 24.9. The molecule has 0 fully saturated rings. The number of hydrogen-bond acceptors (Lipinski definition) is 8. The van der Waals surface area contributed by atoms with Crippen molar-refractivity contribution in [3.8, 4) is 0 Å². The van der Waals surface area contributed by atoms with Crippen molar-refractivity contribution in [3.63, 3.8) is 0 Å². The molecule has 0 rings (SSSR count). The summed E-state index contributed by atoms with van der Waals surface area (Å²) in [6.07, 6.45) is 12.4. The van der Waals surface area contributed by atoms with Gasteiger partial charge in [-0.15, -0.1) is 0 Å². The van der Waals surface area contributed by atoms with Crippen LogP contribution in [0.25, 0.3) is 0 Å². The number of unbranched alkanes of at least 4 members (excludes halogenated alkanes) is 12. The van der Waals surface area contributed by atoms with E-state index in [0.29, 0.717) is 0 Å². The average Bonchev–Trinajstić information content (AvgIpc) is 2.78. The Morgan fingerprint density at radius 1 is 0.636 bits per heavy atom. The van der Waals surface area contributed by atoms with Crippen LogP contribution in [-0.4, -0.2) is 59.6 Å². The van der Waals surface area contributed by atoms with Crippen molar-refractivity contribution >= 4 is 17.9 Å². The molecule has 0 aliphatic carbocycles. The number of aliphatic hydroxyl groups excluding tert-OH is 2. The number of ether oxygens (including phenoxy) is 3. The molecular weight excluding hydrogens is 428 g/mol. The van der Waals surface area contributed by atoms with Gasteiger partial charge in [0.15, 0.2) is 6.10 Å². The number of carbonyl (C=O) groups excluding carboxylic acids is 3. The van der Waals surface area contributed by atoms with Crippen LogP contribution in [0.5, 0.6) is 0 Å². The van der Waals surface area contributed by atoms with Gasteiger partial charge >= 0.3 is 17.9 Å². The highest BCUT2D eigenvalue weighted by atomic mass is 16.6. The van der Waals surface area contributed by atoms with E-state index < -0.39 is 36.2 Å². The largest absolute Gasteiger partial charge is 0.462 e. The topological polar surface area (TPSA) is 119 Å². The highest BCUT2D eigenvalue weighted by Gasteiger charge is 2.22. The summed E-state index contributed by atoms with van der Waals surface area (Å²) in [6.45, 7) is 4.05. The molecule has 3 atom stereocenters. The van der Waals surface area contributed by atoms with E-state index in [4.69, 9.17) is 19.3 Å². The molecule has 0 spiro atoms. The van der Waals surface area contributed by atoms with E-state index in [1.54, 1.807) is 0 Å². The highest BCUT2D eigenvalue weighted by Crippen LogP contribution is 2.13. The summed E-state index contributed by atoms with van der Waals surface area (Å²) < 4.78 is 14.9. The van der Waals surface area contributed by atoms with E-state index in [1.165, 1.54) is 78.1 Å². The Kier molecular flexibility index (Phi) is 19.8. The minimum atomic E-state index is -1.36. The van der Waals surface area contributed by atoms with Crippen LogP contribution in [-0.2, 0) is 28.6 Å². The van der Waals surface area contributed by atoms with Gasteiger partial charge in [-0.2, -0.15) is 0 Å². The first-order valence-electron chi connectivity index (χ1n) is 12.7. The van der Waals surface area contributed by atoms with E-state index in [-0.39, 0.29) is 19.6 Å². The zero-order valence-electron chi connectivity index (χ0n) is 20.9. The van der Waals surface area contributed by atoms with Crippen LogP contribution in [0, 0.1) is 0 Å². The van der Waals surface area contributed by atoms with E-state index in [0.717, 1.165) is 19.3 Å². The molecule has 0 saturated carbocycles. The Bertz CT molecular complexity index is 519. The molecule has 0 aromatic carbocycles. The lowest BCUT2D eigenvalue weighted by molar-refractivity contribution is -0.174. The van der Waals surface area contributed by atoms with Crippen molar-refractivity contribution < 1.29 is 38.8 Å². The molecule has 3 unspecified atom stereocenters. The first kappa shape index (κ1) is 31.3. The molecule has 0 aromatic rings. The first-order chi connectivity index (χ1) is 15.8. The van der Waals surface area contributed by atoms with Gasteiger partial charge in [-0.05, 0) is 20.3 Å². The summed E-state index contributed by atoms with van der Waals surface area (Å²) in [4.78, 5) is 34.9. The maximum absolute atomic E-state index is 12.0. The van der Waals surface area contributed by atoms with Crippen LogP contribution in [0.15, 0.2) is 0 Å². The number of rotatable bonds is 21. The van der Waals surface area contributed by atoms with E-state index >= 15 is 0 Å². The first-order valence-corrected chi connectivity index (χ1v) is 12.7. The molecule has 194 valence electrons. The van der Waals surface area contributed by atoms with Gasteiger partial charge in [-0.1, -0.05) is 84.0 Å². The molecule has 0 aliphatic rings. The number of carbonyl (C=O) groups is 3. The van der Waals surface area contributed by atoms with Crippen molar-refractivity contribution in [1.29, 1.82) is 0 Å². The Hall–Kier alpha value is -1.67. The Morgan fingerprint density at radius 3 is 1.52 bits per heavy atom. The van der Waals surface area contributed by atoms with Crippen LogP contribution in [0.3, 0.4) is 0 Å². The van der Waals surface area contributed by atoms with Crippen molar-refractivity contribution in [1.82, 2.24) is 0 Å². The minimum Gasteiger partial charge on any atom is -0.462 e. The van der Waals surface area contributed by atoms with Crippen molar-refractivity contribution in [2.45, 2.75) is 129 Å². The Balaban J connectivity index is 3.88. The quantitative estimate of drug-likeness (QED) is 0.144. The fraction of sp³-hybridized carbons (Fsp3) is 0.880. The lowest BCUT2D eigenvalue weighted by Gasteiger charge is -2.19. The smallest absolute Gasteiger partial charge is 0.335 e. The van der Waals surface area contributed by atoms with Gasteiger partial charge in [0.2, 0.25) is 0 Å². The predicted molar refractivity (Wildman–Crippen MR) is 125 cm³/mol. The van der Waals surface area contributed by atoms with Crippen molar-refractivity contribution in [3.05, 3.63) is 0 Å². The second-order valence-electron chi connectivity index (χ2n) is 8.72. The van der Waals surface area contributed by atoms with Crippen LogP contribution >= 0.6 is 0 Å². The molecule has 0 radical (unpaired) electrons. The minimum absolute atomic E-state index is 0.266. The fourth-order valence-corrected chi connectivity index (χ4v) is 3.22. The van der Waals surface area contributed by atoms with Gasteiger partial charge in [-0.3, -0.25) is 4.79 Å². The van der Waals surface area contributed by atoms with Gasteiger partial charge in [0, 0.05) is 6.42 Å². The molecule has 0 aromatic heterocycles. The standard InChI is InChI=1S/C25H46O8/c1-4-5-6-7-8-9-10-11-12-13-14-15-16-17-23(28)31-18-22(33-25(30)21(3)27)19-32-24(29)20(2)26/h20-22,26-27H,4-19H2,1-3H3. The van der Waals surface area contributed by atoms with Crippen molar-refractivity contribution in [2.24, 2.45) is 0 Å². The third-order valence-electron chi connectivity index (χ3n) is 5.29. The highest BCUT2D eigenvalue weighted by molar-refractivity contribution is 5.75. The average molecular weight is 475 g/mol. The fourth-order valence-electron chi connectivity index (χ4n) is 3.22. The van der Waals surface area contributed by atoms with Gasteiger partial charge < -0.3 is 24.4 Å². The molecule has 0 aliphatic heterocycles. The Labute approximate surface area is 199 Å². The van der Waals surface area contributed by atoms with Gasteiger partial charge in [-0.25, -0.2) is 9.59 Å². The van der Waals surface area contributed by atoms with Crippen LogP contribution in [0.4, 0.5) is 0 Å². The molecule has 8 nitrogen and oxygen atoms in total. The molecule has 33 heavy (non-hydrogen) atoms. The second kappa shape index (κ2) is 20.9. The summed E-state index contributed by atoms with van der Waals surface area (Å²) >= 11 is 0. The normalized spacial score (nSPS) is 13.7. The lowest BCUT2D eigenvalue weighted by Crippen LogP contribution is -2.35. The molecular formula is C25H46O8. The van der Waals surface area contributed by atoms with Crippen molar-refractivity contribution in [2.75, 3.05) is 13.2 Å². The van der Waals surface area contributed by atoms with E-state index in [9.17, 15) is 19.5 Å². The SMILES string of the molecule is CCCCCCCCCCCCCCCC(=O)OCC(COC(=O)C(C)O)OC(=O)C(C)O. The third-order valence-corrected chi connectivity index (χ3v) is 5.29. The maximum Gasteiger partial charge on any atom is 0.335 e. The predicted octanol–water partition coefficient (Wildman–Crippen LogP) is 4.23. The summed E-state index contributed by atoms with van der Waals surface area (Å²) in [7, 11) is 0. The number of hydrogen-bond donors (Lipinski definition) is 2. The number of aliphatic hydroxyl groups is 2. The summed E-state index contributed by atoms with van der Waals surface area (Å²) in [5.41, 5.74) is 0. The molecule has 0 bridgehead atoms. The third kappa shape index (κ3) is 19.5. The van der Waals surface area contributed by atoms with Crippen LogP contribution < -0.4 is 0 Å². The summed E-state index contributed by atoms with van der Waals surface area (Å²) in [5.74, 6) is -2.22. The lowest BCUT2D eigenvalue weighted by atomic mass is 10.0. The monoisotopic (exact) mass is 474 g/mol. The molecule has 2 N–H and O–H groups in total. The number of esters is 3. The Morgan fingerprint density at radius 2 is 1.06 bits per heavy atom. The zero-order valence-corrected chi connectivity index (χ0v) is 20.9. The van der Waals surface area contributed by atoms with Gasteiger partial charge in [0.05, 0.1) is 0 Å². The maximum atomic E-state index is 12.0.